The Morgan fingerprint density at radius 1 is 1.09 bits per heavy atom. The number of hydrogen-bond donors (Lipinski definition) is 1. The molecular formula is C19H17FO3. The van der Waals surface area contributed by atoms with Gasteiger partial charge in [0.2, 0.25) is 0 Å². The molecule has 0 aromatic heterocycles. The zero-order valence-electron chi connectivity index (χ0n) is 12.7. The third kappa shape index (κ3) is 4.90. The van der Waals surface area contributed by atoms with Gasteiger partial charge in [0.05, 0.1) is 13.7 Å². The van der Waals surface area contributed by atoms with E-state index in [1.165, 1.54) is 25.3 Å². The van der Waals surface area contributed by atoms with Crippen molar-refractivity contribution in [1.29, 1.82) is 0 Å². The fourth-order valence-corrected chi connectivity index (χ4v) is 2.02. The fraction of sp³-hybridized carbons (Fsp3) is 0.105. The molecule has 0 saturated heterocycles. The first kappa shape index (κ1) is 16.6. The van der Waals surface area contributed by atoms with Crippen molar-refractivity contribution in [3.8, 4) is 0 Å². The molecule has 23 heavy (non-hydrogen) atoms. The normalized spacial score (nSPS) is 11.7. The first-order valence-corrected chi connectivity index (χ1v) is 7.06. The summed E-state index contributed by atoms with van der Waals surface area (Å²) < 4.78 is 17.5. The van der Waals surface area contributed by atoms with Crippen molar-refractivity contribution in [2.45, 2.75) is 0 Å². The van der Waals surface area contributed by atoms with Gasteiger partial charge in [-0.25, -0.2) is 9.18 Å². The Hall–Kier alpha value is -2.72. The number of rotatable bonds is 5. The van der Waals surface area contributed by atoms with Gasteiger partial charge < -0.3 is 9.84 Å². The second-order valence-electron chi connectivity index (χ2n) is 4.86. The van der Waals surface area contributed by atoms with Crippen LogP contribution in [0.2, 0.25) is 0 Å². The Bertz CT molecular complexity index is 713. The summed E-state index contributed by atoms with van der Waals surface area (Å²) in [4.78, 5) is 11.0. The molecule has 0 aliphatic heterocycles. The third-order valence-corrected chi connectivity index (χ3v) is 3.28. The van der Waals surface area contributed by atoms with E-state index in [1.54, 1.807) is 18.2 Å². The molecule has 2 aromatic carbocycles. The molecule has 0 bridgehead atoms. The number of aliphatic hydroxyl groups is 1. The maximum absolute atomic E-state index is 13.0. The maximum atomic E-state index is 13.0. The molecule has 0 fully saturated rings. The Kier molecular flexibility index (Phi) is 5.83. The monoisotopic (exact) mass is 312 g/mol. The predicted octanol–water partition coefficient (Wildman–Crippen LogP) is 3.54. The molecular weight excluding hydrogens is 295 g/mol. The van der Waals surface area contributed by atoms with Gasteiger partial charge in [0.1, 0.15) is 5.82 Å². The van der Waals surface area contributed by atoms with E-state index in [0.29, 0.717) is 5.57 Å². The van der Waals surface area contributed by atoms with Crippen molar-refractivity contribution in [2.75, 3.05) is 13.7 Å². The topological polar surface area (TPSA) is 46.5 Å². The smallest absolute Gasteiger partial charge is 0.330 e. The molecule has 118 valence electrons. The van der Waals surface area contributed by atoms with Gasteiger partial charge in [-0.1, -0.05) is 36.4 Å². The minimum Gasteiger partial charge on any atom is -0.466 e. The molecule has 2 rings (SSSR count). The largest absolute Gasteiger partial charge is 0.466 e. The second kappa shape index (κ2) is 8.06. The number of esters is 1. The van der Waals surface area contributed by atoms with Crippen LogP contribution in [0.1, 0.15) is 16.7 Å². The highest BCUT2D eigenvalue weighted by Gasteiger charge is 2.01. The Morgan fingerprint density at radius 2 is 1.70 bits per heavy atom. The maximum Gasteiger partial charge on any atom is 0.330 e. The SMILES string of the molecule is COC(=O)/C=C/c1ccc(/C=C(\CO)c2ccc(F)cc2)cc1. The lowest BCUT2D eigenvalue weighted by Crippen LogP contribution is -1.93. The number of methoxy groups -OCH3 is 1. The molecule has 4 heteroatoms. The molecule has 0 atom stereocenters. The van der Waals surface area contributed by atoms with Gasteiger partial charge in [-0.3, -0.25) is 0 Å². The molecule has 0 aliphatic rings. The highest BCUT2D eigenvalue weighted by Crippen LogP contribution is 2.19. The summed E-state index contributed by atoms with van der Waals surface area (Å²) >= 11 is 0. The minimum absolute atomic E-state index is 0.143. The number of carbonyl (C=O) groups is 1. The zero-order valence-corrected chi connectivity index (χ0v) is 12.7. The van der Waals surface area contributed by atoms with E-state index >= 15 is 0 Å². The molecule has 1 N–H and O–H groups in total. The lowest BCUT2D eigenvalue weighted by molar-refractivity contribution is -0.134. The van der Waals surface area contributed by atoms with Crippen LogP contribution in [-0.2, 0) is 9.53 Å². The van der Waals surface area contributed by atoms with Crippen molar-refractivity contribution in [1.82, 2.24) is 0 Å². The quantitative estimate of drug-likeness (QED) is 0.522. The molecule has 0 saturated carbocycles. The van der Waals surface area contributed by atoms with Gasteiger partial charge in [0.25, 0.3) is 0 Å². The van der Waals surface area contributed by atoms with Crippen LogP contribution in [0.25, 0.3) is 17.7 Å². The third-order valence-electron chi connectivity index (χ3n) is 3.28. The summed E-state index contributed by atoms with van der Waals surface area (Å²) in [6.07, 6.45) is 4.84. The van der Waals surface area contributed by atoms with E-state index in [4.69, 9.17) is 0 Å². The predicted molar refractivity (Wildman–Crippen MR) is 88.8 cm³/mol. The number of hydrogen-bond acceptors (Lipinski definition) is 3. The van der Waals surface area contributed by atoms with Crippen molar-refractivity contribution >= 4 is 23.7 Å². The van der Waals surface area contributed by atoms with Gasteiger partial charge in [0.15, 0.2) is 0 Å². The van der Waals surface area contributed by atoms with Crippen LogP contribution in [0.3, 0.4) is 0 Å². The summed E-state index contributed by atoms with van der Waals surface area (Å²) in [5.74, 6) is -0.722. The molecule has 0 amide bonds. The number of carbonyl (C=O) groups excluding carboxylic acids is 1. The highest BCUT2D eigenvalue weighted by molar-refractivity contribution is 5.87. The van der Waals surface area contributed by atoms with E-state index in [9.17, 15) is 14.3 Å². The van der Waals surface area contributed by atoms with Gasteiger partial charge in [-0.15, -0.1) is 0 Å². The number of aliphatic hydroxyl groups excluding tert-OH is 1. The van der Waals surface area contributed by atoms with Crippen molar-refractivity contribution in [3.63, 3.8) is 0 Å². The van der Waals surface area contributed by atoms with Crippen molar-refractivity contribution < 1.29 is 19.0 Å². The first-order chi connectivity index (χ1) is 11.1. The number of halogens is 1. The number of ether oxygens (including phenoxy) is 1. The van der Waals surface area contributed by atoms with Gasteiger partial charge in [0, 0.05) is 6.08 Å². The summed E-state index contributed by atoms with van der Waals surface area (Å²) in [7, 11) is 1.33. The van der Waals surface area contributed by atoms with Crippen LogP contribution < -0.4 is 0 Å². The zero-order chi connectivity index (χ0) is 16.7. The first-order valence-electron chi connectivity index (χ1n) is 7.06. The Morgan fingerprint density at radius 3 is 2.26 bits per heavy atom. The van der Waals surface area contributed by atoms with Crippen LogP contribution >= 0.6 is 0 Å². The number of benzene rings is 2. The van der Waals surface area contributed by atoms with Crippen LogP contribution in [-0.4, -0.2) is 24.8 Å². The summed E-state index contributed by atoms with van der Waals surface area (Å²) in [6.45, 7) is -0.143. The van der Waals surface area contributed by atoms with E-state index in [-0.39, 0.29) is 12.4 Å². The standard InChI is InChI=1S/C19H17FO3/c1-23-19(22)11-6-14-2-4-15(5-3-14)12-17(13-21)16-7-9-18(20)10-8-16/h2-12,21H,13H2,1H3/b11-6+,17-12+. The van der Waals surface area contributed by atoms with E-state index in [0.717, 1.165) is 16.7 Å². The minimum atomic E-state index is -0.409. The fourth-order valence-electron chi connectivity index (χ4n) is 2.02. The summed E-state index contributed by atoms with van der Waals surface area (Å²) in [6, 6.07) is 13.4. The molecule has 0 unspecified atom stereocenters. The molecule has 0 spiro atoms. The van der Waals surface area contributed by atoms with Crippen molar-refractivity contribution in [3.05, 3.63) is 77.1 Å². The van der Waals surface area contributed by atoms with Crippen LogP contribution in [0.4, 0.5) is 4.39 Å². The van der Waals surface area contributed by atoms with E-state index in [2.05, 4.69) is 4.74 Å². The van der Waals surface area contributed by atoms with Crippen molar-refractivity contribution in [2.24, 2.45) is 0 Å². The van der Waals surface area contributed by atoms with Crippen LogP contribution in [0.15, 0.2) is 54.6 Å². The Balaban J connectivity index is 2.19. The lowest BCUT2D eigenvalue weighted by Gasteiger charge is -2.05. The summed E-state index contributed by atoms with van der Waals surface area (Å²) in [5, 5.41) is 9.51. The second-order valence-corrected chi connectivity index (χ2v) is 4.86. The molecule has 2 aromatic rings. The molecule has 0 aliphatic carbocycles. The molecule has 0 heterocycles. The Labute approximate surface area is 134 Å². The van der Waals surface area contributed by atoms with Gasteiger partial charge in [-0.05, 0) is 46.5 Å². The average Bonchev–Trinajstić information content (AvgIpc) is 2.59. The van der Waals surface area contributed by atoms with E-state index in [1.807, 2.05) is 30.3 Å². The molecule has 0 radical (unpaired) electrons. The summed E-state index contributed by atoms with van der Waals surface area (Å²) in [5.41, 5.74) is 3.22. The molecule has 3 nitrogen and oxygen atoms in total. The van der Waals surface area contributed by atoms with Crippen LogP contribution in [0.5, 0.6) is 0 Å². The van der Waals surface area contributed by atoms with Gasteiger partial charge in [-0.2, -0.15) is 0 Å². The highest BCUT2D eigenvalue weighted by atomic mass is 19.1. The van der Waals surface area contributed by atoms with E-state index < -0.39 is 5.97 Å². The van der Waals surface area contributed by atoms with Gasteiger partial charge >= 0.3 is 5.97 Å². The van der Waals surface area contributed by atoms with Crippen LogP contribution in [0, 0.1) is 5.82 Å². The lowest BCUT2D eigenvalue weighted by atomic mass is 10.0. The average molecular weight is 312 g/mol.